The zero-order chi connectivity index (χ0) is 15.5. The van der Waals surface area contributed by atoms with Crippen molar-refractivity contribution in [1.82, 2.24) is 0 Å². The zero-order valence-corrected chi connectivity index (χ0v) is 14.3. The molecule has 0 aliphatic heterocycles. The zero-order valence-electron chi connectivity index (χ0n) is 14.3. The first-order valence-electron chi connectivity index (χ1n) is 8.87. The molecular weight excluding hydrogens is 256 g/mol. The monoisotopic (exact) mass is 290 g/mol. The molecule has 21 heavy (non-hydrogen) atoms. The van der Waals surface area contributed by atoms with Crippen molar-refractivity contribution in [3.05, 3.63) is 34.9 Å². The van der Waals surface area contributed by atoms with Crippen LogP contribution < -0.4 is 0 Å². The molecule has 0 fully saturated rings. The van der Waals surface area contributed by atoms with Crippen molar-refractivity contribution in [3.63, 3.8) is 0 Å². The summed E-state index contributed by atoms with van der Waals surface area (Å²) in [5.41, 5.74) is 3.90. The van der Waals surface area contributed by atoms with Crippen LogP contribution in [0, 0.1) is 13.8 Å². The van der Waals surface area contributed by atoms with E-state index in [4.69, 9.17) is 0 Å². The van der Waals surface area contributed by atoms with Crippen molar-refractivity contribution in [2.75, 3.05) is 0 Å². The molecule has 1 aromatic carbocycles. The van der Waals surface area contributed by atoms with E-state index in [1.54, 1.807) is 0 Å². The molecule has 1 aromatic rings. The Balaban J connectivity index is 2.11. The Kier molecular flexibility index (Phi) is 9.41. The lowest BCUT2D eigenvalue weighted by atomic mass is 9.97. The van der Waals surface area contributed by atoms with Crippen LogP contribution in [0.2, 0.25) is 0 Å². The number of rotatable bonds is 11. The molecule has 0 amide bonds. The van der Waals surface area contributed by atoms with Crippen molar-refractivity contribution < 1.29 is 5.11 Å². The minimum Gasteiger partial charge on any atom is -0.393 e. The van der Waals surface area contributed by atoms with E-state index < -0.39 is 0 Å². The van der Waals surface area contributed by atoms with Gasteiger partial charge in [-0.15, -0.1) is 0 Å². The quantitative estimate of drug-likeness (QED) is 0.515. The van der Waals surface area contributed by atoms with E-state index in [1.165, 1.54) is 68.1 Å². The minimum absolute atomic E-state index is 0.175. The highest BCUT2D eigenvalue weighted by Gasteiger charge is 2.07. The standard InChI is InChI=1S/C20H34O/c1-4-5-6-7-8-9-10-11-12-20(21)16-19-15-17(2)13-14-18(19)3/h13-15,20-21H,4-12,16H2,1-3H3. The largest absolute Gasteiger partial charge is 0.393 e. The van der Waals surface area contributed by atoms with Gasteiger partial charge in [0, 0.05) is 0 Å². The van der Waals surface area contributed by atoms with E-state index in [-0.39, 0.29) is 6.10 Å². The summed E-state index contributed by atoms with van der Waals surface area (Å²) in [5.74, 6) is 0. The Morgan fingerprint density at radius 2 is 1.52 bits per heavy atom. The molecule has 0 aliphatic rings. The van der Waals surface area contributed by atoms with Gasteiger partial charge in [-0.05, 0) is 37.8 Å². The molecule has 0 aliphatic carbocycles. The van der Waals surface area contributed by atoms with Crippen molar-refractivity contribution in [3.8, 4) is 0 Å². The summed E-state index contributed by atoms with van der Waals surface area (Å²) in [5, 5.41) is 10.2. The molecule has 0 bridgehead atoms. The van der Waals surface area contributed by atoms with E-state index in [2.05, 4.69) is 39.0 Å². The third-order valence-electron chi connectivity index (χ3n) is 4.35. The highest BCUT2D eigenvalue weighted by atomic mass is 16.3. The molecule has 120 valence electrons. The molecular formula is C20H34O. The maximum atomic E-state index is 10.2. The van der Waals surface area contributed by atoms with Crippen LogP contribution in [0.5, 0.6) is 0 Å². The van der Waals surface area contributed by atoms with Gasteiger partial charge in [-0.3, -0.25) is 0 Å². The van der Waals surface area contributed by atoms with Crippen LogP contribution in [0.15, 0.2) is 18.2 Å². The van der Waals surface area contributed by atoms with E-state index in [0.717, 1.165) is 12.8 Å². The third kappa shape index (κ3) is 8.26. The Labute approximate surface area is 131 Å². The number of aliphatic hydroxyl groups is 1. The van der Waals surface area contributed by atoms with Crippen molar-refractivity contribution in [2.45, 2.75) is 91.1 Å². The topological polar surface area (TPSA) is 20.2 Å². The highest BCUT2D eigenvalue weighted by Crippen LogP contribution is 2.16. The van der Waals surface area contributed by atoms with Gasteiger partial charge in [-0.2, -0.15) is 0 Å². The molecule has 1 N–H and O–H groups in total. The number of benzene rings is 1. The van der Waals surface area contributed by atoms with Gasteiger partial charge < -0.3 is 5.11 Å². The summed E-state index contributed by atoms with van der Waals surface area (Å²) in [7, 11) is 0. The minimum atomic E-state index is -0.175. The normalized spacial score (nSPS) is 12.6. The van der Waals surface area contributed by atoms with Crippen LogP contribution in [0.1, 0.15) is 81.4 Å². The fourth-order valence-corrected chi connectivity index (χ4v) is 2.89. The number of aliphatic hydroxyl groups excluding tert-OH is 1. The maximum Gasteiger partial charge on any atom is 0.0580 e. The van der Waals surface area contributed by atoms with Gasteiger partial charge in [0.05, 0.1) is 6.10 Å². The molecule has 0 heterocycles. The van der Waals surface area contributed by atoms with Crippen LogP contribution in [-0.2, 0) is 6.42 Å². The molecule has 0 aromatic heterocycles. The molecule has 1 heteroatoms. The predicted molar refractivity (Wildman–Crippen MR) is 92.9 cm³/mol. The summed E-state index contributed by atoms with van der Waals surface area (Å²) < 4.78 is 0. The molecule has 0 radical (unpaired) electrons. The van der Waals surface area contributed by atoms with Crippen molar-refractivity contribution in [2.24, 2.45) is 0 Å². The number of unbranched alkanes of at least 4 members (excludes halogenated alkanes) is 7. The summed E-state index contributed by atoms with van der Waals surface area (Å²) >= 11 is 0. The van der Waals surface area contributed by atoms with Gasteiger partial charge in [0.15, 0.2) is 0 Å². The van der Waals surface area contributed by atoms with Gasteiger partial charge in [-0.1, -0.05) is 82.1 Å². The molecule has 1 unspecified atom stereocenters. The van der Waals surface area contributed by atoms with E-state index >= 15 is 0 Å². The molecule has 0 saturated heterocycles. The average molecular weight is 290 g/mol. The van der Waals surface area contributed by atoms with Gasteiger partial charge in [0.1, 0.15) is 0 Å². The van der Waals surface area contributed by atoms with Crippen LogP contribution in [-0.4, -0.2) is 11.2 Å². The van der Waals surface area contributed by atoms with Gasteiger partial charge in [0.25, 0.3) is 0 Å². The SMILES string of the molecule is CCCCCCCCCCC(O)Cc1cc(C)ccc1C. The summed E-state index contributed by atoms with van der Waals surface area (Å²) in [6.45, 7) is 6.52. The van der Waals surface area contributed by atoms with Crippen LogP contribution in [0.3, 0.4) is 0 Å². The first kappa shape index (κ1) is 18.2. The fraction of sp³-hybridized carbons (Fsp3) is 0.700. The second-order valence-electron chi connectivity index (χ2n) is 6.55. The number of hydrogen-bond donors (Lipinski definition) is 1. The lowest BCUT2D eigenvalue weighted by Crippen LogP contribution is -2.11. The van der Waals surface area contributed by atoms with Crippen molar-refractivity contribution >= 4 is 0 Å². The van der Waals surface area contributed by atoms with E-state index in [9.17, 15) is 5.11 Å². The Morgan fingerprint density at radius 1 is 0.905 bits per heavy atom. The highest BCUT2D eigenvalue weighted by molar-refractivity contribution is 5.30. The Hall–Kier alpha value is -0.820. The summed E-state index contributed by atoms with van der Waals surface area (Å²) in [6.07, 6.45) is 12.2. The molecule has 1 atom stereocenters. The Morgan fingerprint density at radius 3 is 2.19 bits per heavy atom. The van der Waals surface area contributed by atoms with Crippen LogP contribution >= 0.6 is 0 Å². The van der Waals surface area contributed by atoms with Gasteiger partial charge >= 0.3 is 0 Å². The first-order chi connectivity index (χ1) is 10.1. The molecule has 1 rings (SSSR count). The molecule has 0 saturated carbocycles. The van der Waals surface area contributed by atoms with Crippen LogP contribution in [0.4, 0.5) is 0 Å². The second-order valence-corrected chi connectivity index (χ2v) is 6.55. The lowest BCUT2D eigenvalue weighted by Gasteiger charge is -2.13. The average Bonchev–Trinajstić information content (AvgIpc) is 2.46. The van der Waals surface area contributed by atoms with Gasteiger partial charge in [-0.25, -0.2) is 0 Å². The van der Waals surface area contributed by atoms with E-state index in [0.29, 0.717) is 0 Å². The first-order valence-corrected chi connectivity index (χ1v) is 8.87. The number of aryl methyl sites for hydroxylation is 2. The summed E-state index contributed by atoms with van der Waals surface area (Å²) in [6, 6.07) is 6.52. The Bertz CT molecular complexity index is 383. The van der Waals surface area contributed by atoms with Gasteiger partial charge in [0.2, 0.25) is 0 Å². The fourth-order valence-electron chi connectivity index (χ4n) is 2.89. The summed E-state index contributed by atoms with van der Waals surface area (Å²) in [4.78, 5) is 0. The second kappa shape index (κ2) is 10.8. The van der Waals surface area contributed by atoms with E-state index in [1.807, 2.05) is 0 Å². The molecule has 0 spiro atoms. The third-order valence-corrected chi connectivity index (χ3v) is 4.35. The predicted octanol–water partition coefficient (Wildman–Crippen LogP) is 5.74. The number of hydrogen-bond acceptors (Lipinski definition) is 1. The smallest absolute Gasteiger partial charge is 0.0580 e. The lowest BCUT2D eigenvalue weighted by molar-refractivity contribution is 0.160. The maximum absolute atomic E-state index is 10.2. The van der Waals surface area contributed by atoms with Crippen LogP contribution in [0.25, 0.3) is 0 Å². The van der Waals surface area contributed by atoms with Crippen molar-refractivity contribution in [1.29, 1.82) is 0 Å². The molecule has 1 nitrogen and oxygen atoms in total.